The number of aromatic amines is 2. The summed E-state index contributed by atoms with van der Waals surface area (Å²) >= 11 is 16.4. The fourth-order valence-corrected chi connectivity index (χ4v) is 10.8. The van der Waals surface area contributed by atoms with Crippen LogP contribution in [0.2, 0.25) is 0 Å². The number of nitrogens with zero attached hydrogens (tertiary/aromatic N) is 5. The predicted molar refractivity (Wildman–Crippen MR) is 281 cm³/mol. The fourth-order valence-electron chi connectivity index (χ4n) is 7.91. The summed E-state index contributed by atoms with van der Waals surface area (Å²) in [5, 5.41) is 28.6. The molecule has 1 amide bonds. The minimum absolute atomic E-state index is 0.0132. The van der Waals surface area contributed by atoms with Crippen LogP contribution in [0.5, 0.6) is 0 Å². The lowest BCUT2D eigenvalue weighted by Crippen LogP contribution is -2.51. The lowest BCUT2D eigenvalue weighted by molar-refractivity contribution is -0.121. The normalized spacial score (nSPS) is 16.5. The van der Waals surface area contributed by atoms with Gasteiger partial charge in [-0.05, 0) is 31.1 Å². The standard InChI is InChI=1S/C43H77N11O12P2S3/c1-5-6-7-8-9-10-11-12-13-14-15-16-19-22-33(55)46-23-20-17-18-21-24-63-67(58,59)64-26-31(60-2)30(25-53-28-47-34-37(53)49-42(44)51-39(34)69)66-68(71,62-4)65-27-32(61-3)36(56)41(57)54-29-48-35-38(54)50-43(45)52-40(35)70/h28,30-32,36,41,48,56-57H,5-27,29H2,1-4H3,(H,46,55)(H,58,59)(H3,44,49,51,69)(H3,45,50,52,70). The molecule has 0 saturated heterocycles. The summed E-state index contributed by atoms with van der Waals surface area (Å²) in [5.74, 6) is 0.430. The SMILES string of the molecule is CCCCCCCCCCCCCCCC(=O)NCCCCCCOP(=O)(O)OCC(OC)C(Cn1cnc2c(=S)nc(N)[nH]c21)OP(=S)(OC)OCC(OC)C(O)C(O)N1CNc2c1[nH]c(N)nc2=S. The number of aliphatic hydroxyl groups is 2. The average molecular weight is 1100 g/mol. The van der Waals surface area contributed by atoms with Crippen molar-refractivity contribution in [2.45, 2.75) is 160 Å². The van der Waals surface area contributed by atoms with Crippen LogP contribution in [-0.2, 0) is 59.8 Å². The van der Waals surface area contributed by atoms with Gasteiger partial charge in [0.05, 0.1) is 39.4 Å². The molecule has 1 aliphatic heterocycles. The third-order valence-electron chi connectivity index (χ3n) is 12.0. The van der Waals surface area contributed by atoms with E-state index in [0.717, 1.165) is 25.7 Å². The Hall–Kier alpha value is -2.78. The molecule has 1 aliphatic rings. The van der Waals surface area contributed by atoms with Crippen LogP contribution in [-0.4, -0.2) is 136 Å². The summed E-state index contributed by atoms with van der Waals surface area (Å²) in [6.45, 7) is -2.01. The number of methoxy groups -OCH3 is 2. The molecule has 0 fully saturated rings. The van der Waals surface area contributed by atoms with Gasteiger partial charge in [0, 0.05) is 34.3 Å². The molecule has 71 heavy (non-hydrogen) atoms. The van der Waals surface area contributed by atoms with Crippen molar-refractivity contribution in [2.24, 2.45) is 0 Å². The zero-order valence-corrected chi connectivity index (χ0v) is 45.7. The van der Waals surface area contributed by atoms with Gasteiger partial charge >= 0.3 is 14.5 Å². The molecule has 7 unspecified atom stereocenters. The molecule has 0 bridgehead atoms. The molecule has 0 spiro atoms. The van der Waals surface area contributed by atoms with Crippen molar-refractivity contribution in [3.8, 4) is 0 Å². The smallest absolute Gasteiger partial charge is 0.386 e. The second-order valence-corrected chi connectivity index (χ2v) is 22.7. The van der Waals surface area contributed by atoms with E-state index in [4.69, 9.17) is 79.8 Å². The second-order valence-electron chi connectivity index (χ2n) is 17.4. The quantitative estimate of drug-likeness (QED) is 0.0154. The minimum atomic E-state index is -4.60. The molecule has 0 saturated carbocycles. The molecule has 4 rings (SSSR count). The highest BCUT2D eigenvalue weighted by atomic mass is 32.5. The zero-order chi connectivity index (χ0) is 51.8. The summed E-state index contributed by atoms with van der Waals surface area (Å²) in [6, 6.07) is 0. The highest BCUT2D eigenvalue weighted by Gasteiger charge is 2.39. The van der Waals surface area contributed by atoms with Crippen molar-refractivity contribution < 1.29 is 56.6 Å². The van der Waals surface area contributed by atoms with Gasteiger partial charge in [0.2, 0.25) is 5.91 Å². The molecule has 0 aliphatic carbocycles. The third-order valence-corrected chi connectivity index (χ3v) is 16.0. The van der Waals surface area contributed by atoms with Gasteiger partial charge in [0.15, 0.2) is 27.4 Å². The number of nitrogens with two attached hydrogens (primary N) is 2. The van der Waals surface area contributed by atoms with Crippen LogP contribution in [0.4, 0.5) is 23.4 Å². The molecule has 11 N–H and O–H groups in total. The number of fused-ring (bicyclic) bond motifs is 2. The van der Waals surface area contributed by atoms with Crippen LogP contribution in [0.1, 0.15) is 122 Å². The van der Waals surface area contributed by atoms with E-state index in [2.05, 4.69) is 42.5 Å². The summed E-state index contributed by atoms with van der Waals surface area (Å²) in [7, 11) is -0.688. The highest BCUT2D eigenvalue weighted by Crippen LogP contribution is 2.52. The van der Waals surface area contributed by atoms with Crippen molar-refractivity contribution >= 4 is 91.3 Å². The lowest BCUT2D eigenvalue weighted by atomic mass is 10.0. The first-order valence-corrected chi connectivity index (χ1v) is 29.3. The van der Waals surface area contributed by atoms with Crippen LogP contribution in [0.25, 0.3) is 11.2 Å². The number of aliphatic hydroxyl groups excluding tert-OH is 2. The number of nitrogen functional groups attached to an aromatic ring is 2. The molecule has 28 heteroatoms. The number of amides is 1. The largest absolute Gasteiger partial charge is 0.472 e. The third kappa shape index (κ3) is 20.5. The number of nitrogens with one attached hydrogen (secondary N) is 4. The Labute approximate surface area is 432 Å². The summed E-state index contributed by atoms with van der Waals surface area (Å²) in [6.07, 6.45) is 14.6. The fraction of sp³-hybridized carbons (Fsp3) is 0.767. The lowest BCUT2D eigenvalue weighted by Gasteiger charge is -2.34. The number of unbranched alkanes of at least 4 members (excludes halogenated alkanes) is 15. The van der Waals surface area contributed by atoms with Crippen LogP contribution >= 0.6 is 39.0 Å². The Balaban J connectivity index is 1.24. The Kier molecular flexibility index (Phi) is 27.3. The molecule has 23 nitrogen and oxygen atoms in total. The molecule has 4 heterocycles. The average Bonchev–Trinajstić information content (AvgIpc) is 3.95. The minimum Gasteiger partial charge on any atom is -0.386 e. The number of imidazole rings is 1. The van der Waals surface area contributed by atoms with E-state index in [1.54, 1.807) is 4.57 Å². The van der Waals surface area contributed by atoms with Gasteiger partial charge in [-0.15, -0.1) is 0 Å². The molecular formula is C43H77N11O12P2S3. The van der Waals surface area contributed by atoms with Crippen molar-refractivity contribution in [2.75, 3.05) is 76.0 Å². The number of ether oxygens (including phenoxy) is 2. The first kappa shape index (κ1) is 60.8. The second kappa shape index (κ2) is 31.8. The number of carbonyl (C=O) groups excluding carboxylic acids is 1. The van der Waals surface area contributed by atoms with Gasteiger partial charge in [-0.1, -0.05) is 121 Å². The van der Waals surface area contributed by atoms with Crippen LogP contribution in [0.3, 0.4) is 0 Å². The molecule has 3 aromatic rings. The summed E-state index contributed by atoms with van der Waals surface area (Å²) in [4.78, 5) is 42.5. The Morgan fingerprint density at radius 1 is 0.817 bits per heavy atom. The molecule has 0 radical (unpaired) electrons. The number of hydrogen-bond acceptors (Lipinski definition) is 21. The van der Waals surface area contributed by atoms with Crippen LogP contribution < -0.4 is 27.0 Å². The van der Waals surface area contributed by atoms with Crippen LogP contribution in [0.15, 0.2) is 6.33 Å². The van der Waals surface area contributed by atoms with E-state index >= 15 is 0 Å². The van der Waals surface area contributed by atoms with E-state index in [1.165, 1.54) is 103 Å². The van der Waals surface area contributed by atoms with Crippen LogP contribution in [0, 0.1) is 9.28 Å². The van der Waals surface area contributed by atoms with E-state index < -0.39 is 58.4 Å². The van der Waals surface area contributed by atoms with Gasteiger partial charge in [-0.2, -0.15) is 0 Å². The van der Waals surface area contributed by atoms with Crippen molar-refractivity contribution in [1.82, 2.24) is 34.8 Å². The Morgan fingerprint density at radius 2 is 1.41 bits per heavy atom. The number of anilines is 4. The Bertz CT molecular complexity index is 2280. The highest BCUT2D eigenvalue weighted by molar-refractivity contribution is 8.07. The van der Waals surface area contributed by atoms with E-state index in [0.29, 0.717) is 48.5 Å². The summed E-state index contributed by atoms with van der Waals surface area (Å²) in [5.41, 5.74) is 13.0. The van der Waals surface area contributed by atoms with E-state index in [-0.39, 0.29) is 46.9 Å². The van der Waals surface area contributed by atoms with Gasteiger partial charge in [-0.3, -0.25) is 13.8 Å². The van der Waals surface area contributed by atoms with Gasteiger partial charge < -0.3 is 79.7 Å². The maximum absolute atomic E-state index is 13.1. The maximum atomic E-state index is 13.1. The number of carbonyl (C=O) groups is 1. The van der Waals surface area contributed by atoms with Crippen molar-refractivity contribution in [1.29, 1.82) is 0 Å². The first-order chi connectivity index (χ1) is 34.0. The topological polar surface area (TPSA) is 314 Å². The van der Waals surface area contributed by atoms with Gasteiger partial charge in [0.1, 0.15) is 47.1 Å². The van der Waals surface area contributed by atoms with Gasteiger partial charge in [0.25, 0.3) is 0 Å². The molecule has 404 valence electrons. The number of rotatable bonds is 39. The Morgan fingerprint density at radius 3 is 2.06 bits per heavy atom. The molecule has 3 aromatic heterocycles. The monoisotopic (exact) mass is 1100 g/mol. The van der Waals surface area contributed by atoms with E-state index in [9.17, 15) is 24.5 Å². The summed E-state index contributed by atoms with van der Waals surface area (Å²) < 4.78 is 55.0. The number of phosphoric ester groups is 1. The van der Waals surface area contributed by atoms with Crippen molar-refractivity contribution in [3.63, 3.8) is 0 Å². The molecule has 0 aromatic carbocycles. The van der Waals surface area contributed by atoms with Gasteiger partial charge in [-0.25, -0.2) is 19.5 Å². The number of aromatic nitrogens is 6. The molecule has 7 atom stereocenters. The maximum Gasteiger partial charge on any atom is 0.472 e. The number of H-pyrrole nitrogens is 2. The van der Waals surface area contributed by atoms with E-state index in [1.807, 2.05) is 0 Å². The zero-order valence-electron chi connectivity index (χ0n) is 41.5. The van der Waals surface area contributed by atoms with Crippen molar-refractivity contribution in [3.05, 3.63) is 15.6 Å². The predicted octanol–water partition coefficient (Wildman–Crippen LogP) is 7.27. The number of hydrogen-bond donors (Lipinski definition) is 9. The number of phosphoric acid groups is 1. The molecular weight excluding hydrogens is 1020 g/mol. The first-order valence-electron chi connectivity index (χ1n) is 24.4.